The summed E-state index contributed by atoms with van der Waals surface area (Å²) in [5.74, 6) is -1.38. The van der Waals surface area contributed by atoms with Crippen LogP contribution in [-0.2, 0) is 11.3 Å². The normalized spacial score (nSPS) is 10.8. The van der Waals surface area contributed by atoms with Crippen LogP contribution < -0.4 is 16.6 Å². The van der Waals surface area contributed by atoms with E-state index in [2.05, 4.69) is 10.4 Å². The van der Waals surface area contributed by atoms with Gasteiger partial charge in [0, 0.05) is 18.7 Å². The maximum absolute atomic E-state index is 13.7. The Morgan fingerprint density at radius 3 is 2.67 bits per heavy atom. The molecule has 156 valence electrons. The standard InChI is InChI=1S/C20H18ClFN4O4/c1-30-10-9-23-18(27)17-19(28)25(12-13-5-2-3-8-16(13)21)20(29)26(24-17)15-7-4-6-14(22)11-15/h2-8,11H,9-10,12H2,1H3,(H,23,27). The number of hydrogen-bond donors (Lipinski definition) is 1. The minimum absolute atomic E-state index is 0.0684. The molecule has 0 aliphatic rings. The maximum Gasteiger partial charge on any atom is 0.352 e. The van der Waals surface area contributed by atoms with Crippen molar-refractivity contribution in [3.05, 3.63) is 91.5 Å². The van der Waals surface area contributed by atoms with Crippen LogP contribution in [0.25, 0.3) is 5.69 Å². The Bertz CT molecular complexity index is 1190. The Balaban J connectivity index is 2.17. The number of amides is 1. The number of nitrogens with zero attached hydrogens (tertiary/aromatic N) is 3. The number of ether oxygens (including phenoxy) is 1. The first kappa shape index (κ1) is 21.4. The Labute approximate surface area is 175 Å². The number of rotatable bonds is 7. The predicted molar refractivity (Wildman–Crippen MR) is 109 cm³/mol. The van der Waals surface area contributed by atoms with Crippen LogP contribution in [-0.4, -0.2) is 40.5 Å². The number of carbonyl (C=O) groups excluding carboxylic acids is 1. The highest BCUT2D eigenvalue weighted by atomic mass is 35.5. The summed E-state index contributed by atoms with van der Waals surface area (Å²) in [4.78, 5) is 38.4. The van der Waals surface area contributed by atoms with Gasteiger partial charge in [0.05, 0.1) is 18.8 Å². The van der Waals surface area contributed by atoms with Gasteiger partial charge in [-0.25, -0.2) is 9.18 Å². The minimum atomic E-state index is -0.887. The van der Waals surface area contributed by atoms with Crippen molar-refractivity contribution in [2.75, 3.05) is 20.3 Å². The van der Waals surface area contributed by atoms with Crippen molar-refractivity contribution in [2.24, 2.45) is 0 Å². The van der Waals surface area contributed by atoms with Gasteiger partial charge >= 0.3 is 5.69 Å². The molecule has 8 nitrogen and oxygen atoms in total. The molecule has 0 aliphatic carbocycles. The fraction of sp³-hybridized carbons (Fsp3) is 0.200. The molecule has 1 heterocycles. The van der Waals surface area contributed by atoms with Crippen molar-refractivity contribution >= 4 is 17.5 Å². The molecule has 0 bridgehead atoms. The largest absolute Gasteiger partial charge is 0.383 e. The van der Waals surface area contributed by atoms with Crippen LogP contribution in [0.1, 0.15) is 16.1 Å². The molecule has 1 amide bonds. The highest BCUT2D eigenvalue weighted by Gasteiger charge is 2.21. The third-order valence-corrected chi connectivity index (χ3v) is 4.57. The van der Waals surface area contributed by atoms with Crippen LogP contribution >= 0.6 is 11.6 Å². The fourth-order valence-electron chi connectivity index (χ4n) is 2.72. The van der Waals surface area contributed by atoms with E-state index in [1.54, 1.807) is 24.3 Å². The Morgan fingerprint density at radius 1 is 1.20 bits per heavy atom. The minimum Gasteiger partial charge on any atom is -0.383 e. The zero-order valence-corrected chi connectivity index (χ0v) is 16.7. The number of halogens is 2. The zero-order valence-electron chi connectivity index (χ0n) is 16.0. The first-order valence-corrected chi connectivity index (χ1v) is 9.31. The van der Waals surface area contributed by atoms with E-state index < -0.39 is 28.7 Å². The molecular weight excluding hydrogens is 415 g/mol. The van der Waals surface area contributed by atoms with E-state index in [4.69, 9.17) is 16.3 Å². The highest BCUT2D eigenvalue weighted by molar-refractivity contribution is 6.31. The van der Waals surface area contributed by atoms with Gasteiger partial charge in [-0.2, -0.15) is 9.78 Å². The summed E-state index contributed by atoms with van der Waals surface area (Å²) in [6.45, 7) is 0.177. The zero-order chi connectivity index (χ0) is 21.7. The molecule has 1 aromatic heterocycles. The van der Waals surface area contributed by atoms with Crippen LogP contribution in [0.15, 0.2) is 58.1 Å². The molecule has 3 aromatic rings. The van der Waals surface area contributed by atoms with Crippen molar-refractivity contribution in [2.45, 2.75) is 6.54 Å². The molecule has 1 N–H and O–H groups in total. The molecule has 0 saturated heterocycles. The highest BCUT2D eigenvalue weighted by Crippen LogP contribution is 2.15. The quantitative estimate of drug-likeness (QED) is 0.572. The van der Waals surface area contributed by atoms with Gasteiger partial charge in [0.1, 0.15) is 5.82 Å². The summed E-state index contributed by atoms with van der Waals surface area (Å²) in [5, 5.41) is 6.75. The lowest BCUT2D eigenvalue weighted by Crippen LogP contribution is -2.46. The summed E-state index contributed by atoms with van der Waals surface area (Å²) in [5.41, 5.74) is -1.66. The second-order valence-corrected chi connectivity index (χ2v) is 6.66. The van der Waals surface area contributed by atoms with Gasteiger partial charge in [-0.15, -0.1) is 0 Å². The Kier molecular flexibility index (Phi) is 6.76. The summed E-state index contributed by atoms with van der Waals surface area (Å²) in [6, 6.07) is 11.8. The molecular formula is C20H18ClFN4O4. The lowest BCUT2D eigenvalue weighted by Gasteiger charge is -2.13. The van der Waals surface area contributed by atoms with Crippen molar-refractivity contribution in [1.29, 1.82) is 0 Å². The number of methoxy groups -OCH3 is 1. The molecule has 2 aromatic carbocycles. The van der Waals surface area contributed by atoms with Crippen LogP contribution in [0.3, 0.4) is 0 Å². The van der Waals surface area contributed by atoms with Crippen LogP contribution in [0.2, 0.25) is 5.02 Å². The van der Waals surface area contributed by atoms with E-state index in [9.17, 15) is 18.8 Å². The van der Waals surface area contributed by atoms with Crippen LogP contribution in [0.5, 0.6) is 0 Å². The van der Waals surface area contributed by atoms with E-state index in [1.165, 1.54) is 25.3 Å². The molecule has 0 atom stereocenters. The lowest BCUT2D eigenvalue weighted by atomic mass is 10.2. The summed E-state index contributed by atoms with van der Waals surface area (Å²) in [6.07, 6.45) is 0. The van der Waals surface area contributed by atoms with Crippen molar-refractivity contribution < 1.29 is 13.9 Å². The number of hydrogen-bond acceptors (Lipinski definition) is 5. The van der Waals surface area contributed by atoms with Crippen LogP contribution in [0.4, 0.5) is 4.39 Å². The smallest absolute Gasteiger partial charge is 0.352 e. The van der Waals surface area contributed by atoms with E-state index >= 15 is 0 Å². The van der Waals surface area contributed by atoms with Gasteiger partial charge in [-0.1, -0.05) is 35.9 Å². The lowest BCUT2D eigenvalue weighted by molar-refractivity contribution is 0.0927. The molecule has 0 fully saturated rings. The number of aromatic nitrogens is 3. The Hall–Kier alpha value is -3.30. The molecule has 30 heavy (non-hydrogen) atoms. The molecule has 3 rings (SSSR count). The second-order valence-electron chi connectivity index (χ2n) is 6.25. The summed E-state index contributed by atoms with van der Waals surface area (Å²) >= 11 is 6.16. The van der Waals surface area contributed by atoms with Crippen molar-refractivity contribution in [3.63, 3.8) is 0 Å². The van der Waals surface area contributed by atoms with Gasteiger partial charge in [0.15, 0.2) is 0 Å². The summed E-state index contributed by atoms with van der Waals surface area (Å²) < 4.78 is 20.2. The monoisotopic (exact) mass is 432 g/mol. The van der Waals surface area contributed by atoms with Crippen molar-refractivity contribution in [1.82, 2.24) is 19.7 Å². The molecule has 0 spiro atoms. The Morgan fingerprint density at radius 2 is 1.97 bits per heavy atom. The van der Waals surface area contributed by atoms with Crippen molar-refractivity contribution in [3.8, 4) is 5.69 Å². The molecule has 0 unspecified atom stereocenters. The molecule has 0 saturated carbocycles. The molecule has 10 heteroatoms. The van der Waals surface area contributed by atoms with E-state index in [0.717, 1.165) is 15.3 Å². The first-order valence-electron chi connectivity index (χ1n) is 8.93. The topological polar surface area (TPSA) is 95.2 Å². The summed E-state index contributed by atoms with van der Waals surface area (Å²) in [7, 11) is 1.46. The number of carbonyl (C=O) groups is 1. The average Bonchev–Trinajstić information content (AvgIpc) is 2.72. The predicted octanol–water partition coefficient (Wildman–Crippen LogP) is 1.61. The number of nitrogens with one attached hydrogen (secondary N) is 1. The average molecular weight is 433 g/mol. The van der Waals surface area contributed by atoms with Gasteiger partial charge in [-0.3, -0.25) is 14.2 Å². The SMILES string of the molecule is COCCNC(=O)c1nn(-c2cccc(F)c2)c(=O)n(Cc2ccccc2Cl)c1=O. The van der Waals surface area contributed by atoms with E-state index in [0.29, 0.717) is 10.6 Å². The van der Waals surface area contributed by atoms with Gasteiger partial charge < -0.3 is 10.1 Å². The third kappa shape index (κ3) is 4.64. The number of benzene rings is 2. The van der Waals surface area contributed by atoms with Crippen LogP contribution in [0, 0.1) is 5.82 Å². The first-order chi connectivity index (χ1) is 14.4. The third-order valence-electron chi connectivity index (χ3n) is 4.21. The van der Waals surface area contributed by atoms with Gasteiger partial charge in [-0.05, 0) is 29.8 Å². The van der Waals surface area contributed by atoms with Gasteiger partial charge in [0.25, 0.3) is 11.5 Å². The van der Waals surface area contributed by atoms with E-state index in [1.807, 2.05) is 0 Å². The maximum atomic E-state index is 13.7. The fourth-order valence-corrected chi connectivity index (χ4v) is 2.92. The second kappa shape index (κ2) is 9.47. The molecule has 0 aliphatic heterocycles. The van der Waals surface area contributed by atoms with E-state index in [-0.39, 0.29) is 25.4 Å². The molecule has 0 radical (unpaired) electrons. The van der Waals surface area contributed by atoms with Gasteiger partial charge in [0.2, 0.25) is 5.69 Å².